The SMILES string of the molecule is Cc1ccc(NC(=O)c2cc(C(F)(F)F)cnn2)cc1-c1nc(Cl)cc(N[C@H](C)CO)n1. The van der Waals surface area contributed by atoms with Gasteiger partial charge in [-0.15, -0.1) is 5.10 Å². The monoisotopic (exact) mass is 466 g/mol. The molecular formula is C20H18ClF3N6O2. The fourth-order valence-corrected chi connectivity index (χ4v) is 2.86. The Bertz CT molecular complexity index is 1140. The van der Waals surface area contributed by atoms with Crippen LogP contribution in [0.4, 0.5) is 24.7 Å². The van der Waals surface area contributed by atoms with Crippen LogP contribution in [0.2, 0.25) is 5.15 Å². The van der Waals surface area contributed by atoms with Gasteiger partial charge in [-0.2, -0.15) is 18.3 Å². The minimum atomic E-state index is -4.65. The molecule has 0 bridgehead atoms. The second kappa shape index (κ2) is 9.45. The Morgan fingerprint density at radius 2 is 1.97 bits per heavy atom. The van der Waals surface area contributed by atoms with Gasteiger partial charge in [0.15, 0.2) is 11.5 Å². The van der Waals surface area contributed by atoms with Gasteiger partial charge in [0.1, 0.15) is 11.0 Å². The van der Waals surface area contributed by atoms with Crippen LogP contribution in [-0.4, -0.2) is 43.8 Å². The van der Waals surface area contributed by atoms with Crippen LogP contribution in [-0.2, 0) is 6.18 Å². The van der Waals surface area contributed by atoms with Crippen LogP contribution < -0.4 is 10.6 Å². The molecule has 0 saturated carbocycles. The Labute approximate surface area is 185 Å². The first-order chi connectivity index (χ1) is 15.1. The Balaban J connectivity index is 1.89. The van der Waals surface area contributed by atoms with E-state index < -0.39 is 23.3 Å². The van der Waals surface area contributed by atoms with Crippen LogP contribution in [0, 0.1) is 6.92 Å². The lowest BCUT2D eigenvalue weighted by Gasteiger charge is -2.14. The van der Waals surface area contributed by atoms with E-state index in [4.69, 9.17) is 11.6 Å². The number of halogens is 4. The number of alkyl halides is 3. The summed E-state index contributed by atoms with van der Waals surface area (Å²) in [6, 6.07) is 6.70. The molecule has 3 aromatic rings. The third kappa shape index (κ3) is 5.68. The van der Waals surface area contributed by atoms with Gasteiger partial charge < -0.3 is 15.7 Å². The molecule has 0 aliphatic heterocycles. The van der Waals surface area contributed by atoms with E-state index in [1.165, 1.54) is 6.07 Å². The summed E-state index contributed by atoms with van der Waals surface area (Å²) < 4.78 is 38.6. The number of hydrogen-bond donors (Lipinski definition) is 3. The number of carbonyl (C=O) groups excluding carboxylic acids is 1. The fraction of sp³-hybridized carbons (Fsp3) is 0.250. The van der Waals surface area contributed by atoms with Gasteiger partial charge in [0.2, 0.25) is 0 Å². The molecule has 1 amide bonds. The van der Waals surface area contributed by atoms with Crippen molar-refractivity contribution in [2.75, 3.05) is 17.2 Å². The van der Waals surface area contributed by atoms with Gasteiger partial charge in [-0.25, -0.2) is 9.97 Å². The van der Waals surface area contributed by atoms with Crippen molar-refractivity contribution in [1.82, 2.24) is 20.2 Å². The highest BCUT2D eigenvalue weighted by molar-refractivity contribution is 6.29. The summed E-state index contributed by atoms with van der Waals surface area (Å²) >= 11 is 6.10. The molecule has 8 nitrogen and oxygen atoms in total. The fourth-order valence-electron chi connectivity index (χ4n) is 2.68. The molecule has 3 rings (SSSR count). The molecule has 3 N–H and O–H groups in total. The first-order valence-electron chi connectivity index (χ1n) is 9.31. The maximum atomic E-state index is 12.9. The summed E-state index contributed by atoms with van der Waals surface area (Å²) in [4.78, 5) is 21.0. The number of nitrogens with zero attached hydrogens (tertiary/aromatic N) is 4. The largest absolute Gasteiger partial charge is 0.418 e. The molecule has 2 heterocycles. The number of benzene rings is 1. The number of aliphatic hydroxyl groups excluding tert-OH is 1. The molecule has 0 unspecified atom stereocenters. The van der Waals surface area contributed by atoms with Crippen LogP contribution in [0.1, 0.15) is 28.5 Å². The predicted molar refractivity (Wildman–Crippen MR) is 112 cm³/mol. The van der Waals surface area contributed by atoms with Crippen molar-refractivity contribution in [3.63, 3.8) is 0 Å². The number of carbonyl (C=O) groups is 1. The Kier molecular flexibility index (Phi) is 6.90. The third-order valence-corrected chi connectivity index (χ3v) is 4.51. The molecule has 0 aliphatic carbocycles. The van der Waals surface area contributed by atoms with Gasteiger partial charge >= 0.3 is 6.18 Å². The number of aliphatic hydroxyl groups is 1. The minimum Gasteiger partial charge on any atom is -0.394 e. The van der Waals surface area contributed by atoms with Gasteiger partial charge in [0, 0.05) is 23.4 Å². The minimum absolute atomic E-state index is 0.115. The second-order valence-corrected chi connectivity index (χ2v) is 7.33. The first kappa shape index (κ1) is 23.4. The highest BCUT2D eigenvalue weighted by atomic mass is 35.5. The third-order valence-electron chi connectivity index (χ3n) is 4.31. The molecule has 0 aliphatic rings. The standard InChI is InChI=1S/C20H18ClF3N6O2/c1-10-3-4-13(27-19(32)15-5-12(8-25-30-15)20(22,23)24)6-14(10)18-28-16(21)7-17(29-18)26-11(2)9-31/h3-8,11,31H,9H2,1-2H3,(H,27,32)(H,26,28,29)/t11-/m1/s1. The zero-order chi connectivity index (χ0) is 23.5. The molecule has 12 heteroatoms. The van der Waals surface area contributed by atoms with E-state index in [9.17, 15) is 23.1 Å². The van der Waals surface area contributed by atoms with Crippen LogP contribution in [0.3, 0.4) is 0 Å². The lowest BCUT2D eigenvalue weighted by atomic mass is 10.1. The Morgan fingerprint density at radius 1 is 1.22 bits per heavy atom. The van der Waals surface area contributed by atoms with Gasteiger partial charge in [0.05, 0.1) is 18.4 Å². The molecule has 0 fully saturated rings. The van der Waals surface area contributed by atoms with Crippen LogP contribution in [0.5, 0.6) is 0 Å². The maximum Gasteiger partial charge on any atom is 0.418 e. The summed E-state index contributed by atoms with van der Waals surface area (Å²) in [6.07, 6.45) is -4.11. The van der Waals surface area contributed by atoms with Crippen molar-refractivity contribution in [3.05, 3.63) is 58.5 Å². The van der Waals surface area contributed by atoms with Crippen LogP contribution >= 0.6 is 11.6 Å². The molecule has 168 valence electrons. The molecule has 0 spiro atoms. The number of anilines is 2. The van der Waals surface area contributed by atoms with Crippen molar-refractivity contribution in [2.45, 2.75) is 26.1 Å². The van der Waals surface area contributed by atoms with E-state index in [0.29, 0.717) is 23.6 Å². The lowest BCUT2D eigenvalue weighted by molar-refractivity contribution is -0.137. The van der Waals surface area contributed by atoms with Gasteiger partial charge in [0.25, 0.3) is 5.91 Å². The Morgan fingerprint density at radius 3 is 2.66 bits per heavy atom. The zero-order valence-corrected chi connectivity index (χ0v) is 17.7. The lowest BCUT2D eigenvalue weighted by Crippen LogP contribution is -2.20. The average Bonchev–Trinajstić information content (AvgIpc) is 2.74. The number of amides is 1. The van der Waals surface area contributed by atoms with Crippen molar-refractivity contribution >= 4 is 29.0 Å². The number of rotatable bonds is 6. The van der Waals surface area contributed by atoms with Crippen molar-refractivity contribution in [3.8, 4) is 11.4 Å². The zero-order valence-electron chi connectivity index (χ0n) is 16.9. The van der Waals surface area contributed by atoms with Crippen LogP contribution in [0.25, 0.3) is 11.4 Å². The predicted octanol–water partition coefficient (Wildman–Crippen LogP) is 3.96. The van der Waals surface area contributed by atoms with Gasteiger partial charge in [-0.3, -0.25) is 4.79 Å². The average molecular weight is 467 g/mol. The molecule has 32 heavy (non-hydrogen) atoms. The highest BCUT2D eigenvalue weighted by Gasteiger charge is 2.32. The van der Waals surface area contributed by atoms with Crippen molar-refractivity contribution in [2.24, 2.45) is 0 Å². The topological polar surface area (TPSA) is 113 Å². The summed E-state index contributed by atoms with van der Waals surface area (Å²) in [6.45, 7) is 3.44. The molecule has 0 saturated heterocycles. The smallest absolute Gasteiger partial charge is 0.394 e. The van der Waals surface area contributed by atoms with Crippen molar-refractivity contribution in [1.29, 1.82) is 0 Å². The normalized spacial score (nSPS) is 12.3. The molecule has 1 aromatic carbocycles. The van der Waals surface area contributed by atoms with Gasteiger partial charge in [-0.1, -0.05) is 17.7 Å². The van der Waals surface area contributed by atoms with E-state index in [2.05, 4.69) is 30.8 Å². The molecule has 2 aromatic heterocycles. The Hall–Kier alpha value is -3.31. The maximum absolute atomic E-state index is 12.9. The number of hydrogen-bond acceptors (Lipinski definition) is 7. The number of aromatic nitrogens is 4. The van der Waals surface area contributed by atoms with Crippen molar-refractivity contribution < 1.29 is 23.1 Å². The van der Waals surface area contributed by atoms with Crippen LogP contribution in [0.15, 0.2) is 36.5 Å². The highest BCUT2D eigenvalue weighted by Crippen LogP contribution is 2.29. The van der Waals surface area contributed by atoms with Gasteiger partial charge in [-0.05, 0) is 37.6 Å². The van der Waals surface area contributed by atoms with E-state index in [0.717, 1.165) is 5.56 Å². The molecular weight excluding hydrogens is 449 g/mol. The van der Waals surface area contributed by atoms with E-state index >= 15 is 0 Å². The summed E-state index contributed by atoms with van der Waals surface area (Å²) in [7, 11) is 0. The molecule has 1 atom stereocenters. The second-order valence-electron chi connectivity index (χ2n) is 6.94. The van der Waals surface area contributed by atoms with E-state index in [1.54, 1.807) is 32.0 Å². The summed E-state index contributed by atoms with van der Waals surface area (Å²) in [5, 5.41) is 21.6. The number of nitrogens with one attached hydrogen (secondary N) is 2. The summed E-state index contributed by atoms with van der Waals surface area (Å²) in [5.41, 5.74) is 0.0409. The molecule has 0 radical (unpaired) electrons. The van der Waals surface area contributed by atoms with E-state index in [1.807, 2.05) is 0 Å². The number of aryl methyl sites for hydroxylation is 1. The van der Waals surface area contributed by atoms with E-state index in [-0.39, 0.29) is 29.3 Å². The summed E-state index contributed by atoms with van der Waals surface area (Å²) in [5.74, 6) is -0.197. The quantitative estimate of drug-likeness (QED) is 0.471. The first-order valence-corrected chi connectivity index (χ1v) is 9.69.